The average Bonchev–Trinajstić information content (AvgIpc) is 3.25. The molecule has 0 bridgehead atoms. The average molecular weight is 408 g/mol. The Labute approximate surface area is 172 Å². The molecule has 1 atom stereocenters. The molecule has 3 aromatic rings. The summed E-state index contributed by atoms with van der Waals surface area (Å²) in [4.78, 5) is 41.2. The first-order chi connectivity index (χ1) is 14.4. The summed E-state index contributed by atoms with van der Waals surface area (Å²) in [5, 5.41) is 6.24. The predicted octanol–water partition coefficient (Wildman–Crippen LogP) is 2.39. The second-order valence-corrected chi connectivity index (χ2v) is 7.35. The molecule has 0 aliphatic carbocycles. The van der Waals surface area contributed by atoms with Crippen LogP contribution in [0.3, 0.4) is 0 Å². The zero-order valence-electron chi connectivity index (χ0n) is 16.4. The van der Waals surface area contributed by atoms with Crippen LogP contribution in [0.2, 0.25) is 0 Å². The summed E-state index contributed by atoms with van der Waals surface area (Å²) in [6.45, 7) is 1.38. The van der Waals surface area contributed by atoms with E-state index < -0.39 is 23.9 Å². The highest BCUT2D eigenvalue weighted by molar-refractivity contribution is 6.06. The Morgan fingerprint density at radius 2 is 2.00 bits per heavy atom. The van der Waals surface area contributed by atoms with Gasteiger partial charge in [0, 0.05) is 30.1 Å². The summed E-state index contributed by atoms with van der Waals surface area (Å²) in [5.74, 6) is -1.29. The van der Waals surface area contributed by atoms with Gasteiger partial charge in [0.1, 0.15) is 18.4 Å². The normalized spacial score (nSPS) is 16.2. The molecule has 2 aromatic carbocycles. The Morgan fingerprint density at radius 3 is 2.80 bits per heavy atom. The molecule has 1 aromatic heterocycles. The van der Waals surface area contributed by atoms with Gasteiger partial charge in [-0.05, 0) is 35.7 Å². The van der Waals surface area contributed by atoms with E-state index in [9.17, 15) is 18.8 Å². The molecule has 0 spiro atoms. The van der Waals surface area contributed by atoms with Crippen LogP contribution < -0.4 is 10.6 Å². The topological polar surface area (TPSA) is 94.3 Å². The number of para-hydroxylation sites is 1. The van der Waals surface area contributed by atoms with E-state index in [1.165, 1.54) is 6.07 Å². The quantitative estimate of drug-likeness (QED) is 0.547. The van der Waals surface area contributed by atoms with Gasteiger partial charge in [0.2, 0.25) is 5.91 Å². The Balaban J connectivity index is 1.36. The number of hydrogen-bond donors (Lipinski definition) is 3. The zero-order chi connectivity index (χ0) is 21.3. The maximum absolute atomic E-state index is 13.6. The lowest BCUT2D eigenvalue weighted by Crippen LogP contribution is -2.41. The van der Waals surface area contributed by atoms with Crippen LogP contribution in [0.4, 0.5) is 9.18 Å². The fourth-order valence-corrected chi connectivity index (χ4v) is 3.53. The van der Waals surface area contributed by atoms with Crippen LogP contribution in [0, 0.1) is 12.7 Å². The van der Waals surface area contributed by atoms with Gasteiger partial charge in [-0.1, -0.05) is 30.3 Å². The number of carbonyl (C=O) groups is 3. The first kappa shape index (κ1) is 19.6. The third kappa shape index (κ3) is 3.89. The molecule has 1 unspecified atom stereocenters. The molecule has 1 aliphatic rings. The smallest absolute Gasteiger partial charge is 0.325 e. The van der Waals surface area contributed by atoms with Crippen molar-refractivity contribution in [2.75, 3.05) is 6.54 Å². The van der Waals surface area contributed by atoms with Gasteiger partial charge in [-0.2, -0.15) is 0 Å². The molecule has 1 fully saturated rings. The maximum Gasteiger partial charge on any atom is 0.325 e. The first-order valence-corrected chi connectivity index (χ1v) is 9.61. The SMILES string of the molecule is Cc1ccc(CNC(=O)CN2C(=O)NC(Cc3c[nH]c4ccccc34)C2=O)cc1F. The minimum Gasteiger partial charge on any atom is -0.361 e. The fourth-order valence-electron chi connectivity index (χ4n) is 3.53. The lowest BCUT2D eigenvalue weighted by molar-refractivity contribution is -0.132. The van der Waals surface area contributed by atoms with E-state index >= 15 is 0 Å². The van der Waals surface area contributed by atoms with E-state index in [1.807, 2.05) is 30.5 Å². The molecule has 1 saturated heterocycles. The number of aromatic nitrogens is 1. The van der Waals surface area contributed by atoms with E-state index in [1.54, 1.807) is 19.1 Å². The summed E-state index contributed by atoms with van der Waals surface area (Å²) in [6.07, 6.45) is 2.15. The van der Waals surface area contributed by atoms with Crippen molar-refractivity contribution in [1.82, 2.24) is 20.5 Å². The highest BCUT2D eigenvalue weighted by atomic mass is 19.1. The van der Waals surface area contributed by atoms with Crippen molar-refractivity contribution < 1.29 is 18.8 Å². The van der Waals surface area contributed by atoms with Crippen molar-refractivity contribution in [2.45, 2.75) is 25.9 Å². The molecule has 8 heteroatoms. The van der Waals surface area contributed by atoms with E-state index in [4.69, 9.17) is 0 Å². The van der Waals surface area contributed by atoms with Crippen molar-refractivity contribution in [3.63, 3.8) is 0 Å². The minimum atomic E-state index is -0.726. The number of aryl methyl sites for hydroxylation is 1. The number of H-pyrrole nitrogens is 1. The highest BCUT2D eigenvalue weighted by Crippen LogP contribution is 2.21. The number of carbonyl (C=O) groups excluding carboxylic acids is 3. The number of aromatic amines is 1. The number of benzene rings is 2. The number of nitrogens with one attached hydrogen (secondary N) is 3. The number of fused-ring (bicyclic) bond motifs is 1. The zero-order valence-corrected chi connectivity index (χ0v) is 16.4. The lowest BCUT2D eigenvalue weighted by atomic mass is 10.1. The summed E-state index contributed by atoms with van der Waals surface area (Å²) in [6, 6.07) is 11.1. The Bertz CT molecular complexity index is 1140. The molecule has 0 saturated carbocycles. The van der Waals surface area contributed by atoms with Crippen LogP contribution in [-0.2, 0) is 22.6 Å². The van der Waals surface area contributed by atoms with Crippen molar-refractivity contribution in [1.29, 1.82) is 0 Å². The molecular formula is C22H21FN4O3. The number of urea groups is 1. The molecule has 7 nitrogen and oxygen atoms in total. The molecular weight excluding hydrogens is 387 g/mol. The van der Waals surface area contributed by atoms with Gasteiger partial charge in [0.15, 0.2) is 0 Å². The Hall–Kier alpha value is -3.68. The number of halogens is 1. The molecule has 2 heterocycles. The number of hydrogen-bond acceptors (Lipinski definition) is 3. The standard InChI is InChI=1S/C22H21FN4O3/c1-13-6-7-14(8-17(13)23)10-25-20(28)12-27-21(29)19(26-22(27)30)9-15-11-24-18-5-3-2-4-16(15)18/h2-8,11,19,24H,9-10,12H2,1H3,(H,25,28)(H,26,30). The lowest BCUT2D eigenvalue weighted by Gasteiger charge is -2.13. The van der Waals surface area contributed by atoms with E-state index in [2.05, 4.69) is 15.6 Å². The van der Waals surface area contributed by atoms with Gasteiger partial charge in [-0.3, -0.25) is 14.5 Å². The maximum atomic E-state index is 13.6. The van der Waals surface area contributed by atoms with Crippen molar-refractivity contribution in [2.24, 2.45) is 0 Å². The summed E-state index contributed by atoms with van der Waals surface area (Å²) >= 11 is 0. The monoisotopic (exact) mass is 408 g/mol. The molecule has 4 amide bonds. The summed E-state index contributed by atoms with van der Waals surface area (Å²) in [7, 11) is 0. The minimum absolute atomic E-state index is 0.110. The second kappa shape index (κ2) is 7.98. The van der Waals surface area contributed by atoms with E-state index in [-0.39, 0.29) is 18.9 Å². The Kier molecular flexibility index (Phi) is 5.22. The molecule has 1 aliphatic heterocycles. The largest absolute Gasteiger partial charge is 0.361 e. The van der Waals surface area contributed by atoms with Crippen molar-refractivity contribution in [3.8, 4) is 0 Å². The van der Waals surface area contributed by atoms with Crippen LogP contribution in [0.15, 0.2) is 48.7 Å². The predicted molar refractivity (Wildman–Crippen MR) is 109 cm³/mol. The molecule has 4 rings (SSSR count). The number of imide groups is 1. The third-order valence-electron chi connectivity index (χ3n) is 5.23. The summed E-state index contributed by atoms with van der Waals surface area (Å²) < 4.78 is 13.6. The third-order valence-corrected chi connectivity index (χ3v) is 5.23. The van der Waals surface area contributed by atoms with Crippen LogP contribution >= 0.6 is 0 Å². The molecule has 30 heavy (non-hydrogen) atoms. The van der Waals surface area contributed by atoms with Crippen LogP contribution in [0.25, 0.3) is 10.9 Å². The van der Waals surface area contributed by atoms with Crippen LogP contribution in [0.5, 0.6) is 0 Å². The summed E-state index contributed by atoms with van der Waals surface area (Å²) in [5.41, 5.74) is 2.98. The number of nitrogens with zero attached hydrogens (tertiary/aromatic N) is 1. The molecule has 3 N–H and O–H groups in total. The van der Waals surface area contributed by atoms with Crippen LogP contribution in [0.1, 0.15) is 16.7 Å². The van der Waals surface area contributed by atoms with Crippen molar-refractivity contribution in [3.05, 3.63) is 71.2 Å². The second-order valence-electron chi connectivity index (χ2n) is 7.35. The van der Waals surface area contributed by atoms with Gasteiger partial charge in [0.05, 0.1) is 0 Å². The van der Waals surface area contributed by atoms with Gasteiger partial charge < -0.3 is 15.6 Å². The van der Waals surface area contributed by atoms with Gasteiger partial charge in [-0.25, -0.2) is 9.18 Å². The van der Waals surface area contributed by atoms with E-state index in [0.29, 0.717) is 17.5 Å². The van der Waals surface area contributed by atoms with Crippen molar-refractivity contribution >= 4 is 28.7 Å². The number of amides is 4. The Morgan fingerprint density at radius 1 is 1.20 bits per heavy atom. The van der Waals surface area contributed by atoms with Gasteiger partial charge >= 0.3 is 6.03 Å². The fraction of sp³-hybridized carbons (Fsp3) is 0.227. The highest BCUT2D eigenvalue weighted by Gasteiger charge is 2.39. The van der Waals surface area contributed by atoms with Crippen LogP contribution in [-0.4, -0.2) is 40.3 Å². The van der Waals surface area contributed by atoms with E-state index in [0.717, 1.165) is 21.4 Å². The number of rotatable bonds is 6. The molecule has 0 radical (unpaired) electrons. The van der Waals surface area contributed by atoms with Gasteiger partial charge in [-0.15, -0.1) is 0 Å². The van der Waals surface area contributed by atoms with Gasteiger partial charge in [0.25, 0.3) is 5.91 Å². The molecule has 154 valence electrons. The first-order valence-electron chi connectivity index (χ1n) is 9.61.